The summed E-state index contributed by atoms with van der Waals surface area (Å²) in [5.74, 6) is -1.01. The fourth-order valence-electron chi connectivity index (χ4n) is 0.299. The summed E-state index contributed by atoms with van der Waals surface area (Å²) >= 11 is 0. The van der Waals surface area contributed by atoms with E-state index in [1.54, 1.807) is 0 Å². The second-order valence-corrected chi connectivity index (χ2v) is 1.64. The number of carbonyl (C=O) groups excluding carboxylic acids is 2. The Kier molecular flexibility index (Phi) is 4.17. The molecule has 0 rings (SSSR count). The number of nitrogens with two attached hydrogens (primary N) is 2. The van der Waals surface area contributed by atoms with Crippen LogP contribution >= 0.6 is 0 Å². The molecule has 0 heterocycles. The van der Waals surface area contributed by atoms with Crippen LogP contribution in [0, 0.1) is 0 Å². The Labute approximate surface area is 57.9 Å². The predicted molar refractivity (Wildman–Crippen MR) is 34.4 cm³/mol. The van der Waals surface area contributed by atoms with Gasteiger partial charge >= 0.3 is 0 Å². The van der Waals surface area contributed by atoms with Crippen molar-refractivity contribution in [3.8, 4) is 0 Å². The van der Waals surface area contributed by atoms with Gasteiger partial charge in [0.25, 0.3) is 0 Å². The molecule has 6 nitrogen and oxygen atoms in total. The molecular formula is C4H10N4O2. The molecule has 0 atom stereocenters. The van der Waals surface area contributed by atoms with Crippen molar-refractivity contribution in [1.82, 2.24) is 10.9 Å². The Morgan fingerprint density at radius 2 is 1.30 bits per heavy atom. The van der Waals surface area contributed by atoms with Crippen LogP contribution in [0.1, 0.15) is 0 Å². The maximum Gasteiger partial charge on any atom is 0.232 e. The summed E-state index contributed by atoms with van der Waals surface area (Å²) in [6.07, 6.45) is 0. The molecule has 10 heavy (non-hydrogen) atoms. The van der Waals surface area contributed by atoms with Crippen molar-refractivity contribution < 1.29 is 9.59 Å². The van der Waals surface area contributed by atoms with Crippen LogP contribution < -0.4 is 22.3 Å². The standard InChI is InChI=1S/C4H10N4O2/c5-3(9)1-7-8-2-4(6)10/h7-8H,1-2H2,(H2,5,9)(H2,6,10). The van der Waals surface area contributed by atoms with Crippen LogP contribution in [0.25, 0.3) is 0 Å². The minimum Gasteiger partial charge on any atom is -0.369 e. The summed E-state index contributed by atoms with van der Waals surface area (Å²) in [7, 11) is 0. The Balaban J connectivity index is 3.06. The highest BCUT2D eigenvalue weighted by Gasteiger charge is 1.93. The van der Waals surface area contributed by atoms with Gasteiger partial charge in [-0.1, -0.05) is 0 Å². The summed E-state index contributed by atoms with van der Waals surface area (Å²) in [6.45, 7) is -0.0411. The van der Waals surface area contributed by atoms with E-state index < -0.39 is 11.8 Å². The van der Waals surface area contributed by atoms with Crippen LogP contribution in [-0.2, 0) is 9.59 Å². The fourth-order valence-corrected chi connectivity index (χ4v) is 0.299. The molecule has 0 saturated carbocycles. The van der Waals surface area contributed by atoms with Crippen molar-refractivity contribution >= 4 is 11.8 Å². The lowest BCUT2D eigenvalue weighted by Crippen LogP contribution is -2.42. The molecule has 0 bridgehead atoms. The SMILES string of the molecule is NC(=O)CNNCC(N)=O. The monoisotopic (exact) mass is 146 g/mol. The first-order valence-electron chi connectivity index (χ1n) is 2.65. The van der Waals surface area contributed by atoms with Crippen molar-refractivity contribution in [2.24, 2.45) is 11.5 Å². The van der Waals surface area contributed by atoms with Gasteiger partial charge in [0, 0.05) is 0 Å². The lowest BCUT2D eigenvalue weighted by atomic mass is 10.6. The number of amides is 2. The third kappa shape index (κ3) is 6.86. The minimum atomic E-state index is -0.503. The van der Waals surface area contributed by atoms with Gasteiger partial charge in [0.2, 0.25) is 11.8 Å². The molecule has 0 aliphatic carbocycles. The van der Waals surface area contributed by atoms with Gasteiger partial charge < -0.3 is 11.5 Å². The summed E-state index contributed by atoms with van der Waals surface area (Å²) < 4.78 is 0. The molecule has 6 N–H and O–H groups in total. The summed E-state index contributed by atoms with van der Waals surface area (Å²) in [6, 6.07) is 0. The summed E-state index contributed by atoms with van der Waals surface area (Å²) in [4.78, 5) is 20.1. The molecule has 0 aromatic carbocycles. The largest absolute Gasteiger partial charge is 0.369 e. The van der Waals surface area contributed by atoms with Gasteiger partial charge in [0.15, 0.2) is 0 Å². The van der Waals surface area contributed by atoms with E-state index in [0.717, 1.165) is 0 Å². The quantitative estimate of drug-likeness (QED) is 0.245. The molecule has 0 aliphatic rings. The average Bonchev–Trinajstić information content (AvgIpc) is 1.79. The first kappa shape index (κ1) is 8.86. The van der Waals surface area contributed by atoms with Crippen molar-refractivity contribution in [1.29, 1.82) is 0 Å². The normalized spacial score (nSPS) is 9.20. The van der Waals surface area contributed by atoms with Crippen molar-refractivity contribution in [3.05, 3.63) is 0 Å². The molecule has 0 saturated heterocycles. The van der Waals surface area contributed by atoms with E-state index in [4.69, 9.17) is 11.5 Å². The number of primary amides is 2. The first-order valence-corrected chi connectivity index (χ1v) is 2.65. The number of hydrogen-bond acceptors (Lipinski definition) is 4. The van der Waals surface area contributed by atoms with E-state index in [-0.39, 0.29) is 13.1 Å². The number of hydrogen-bond donors (Lipinski definition) is 4. The number of rotatable bonds is 5. The Morgan fingerprint density at radius 3 is 1.50 bits per heavy atom. The summed E-state index contributed by atoms with van der Waals surface area (Å²) in [5, 5.41) is 0. The smallest absolute Gasteiger partial charge is 0.232 e. The molecular weight excluding hydrogens is 136 g/mol. The van der Waals surface area contributed by atoms with E-state index in [1.165, 1.54) is 0 Å². The number of nitrogens with one attached hydrogen (secondary N) is 2. The van der Waals surface area contributed by atoms with E-state index in [2.05, 4.69) is 10.9 Å². The van der Waals surface area contributed by atoms with Crippen LogP contribution in [0.3, 0.4) is 0 Å². The second kappa shape index (κ2) is 4.71. The van der Waals surface area contributed by atoms with Crippen LogP contribution in [0.5, 0.6) is 0 Å². The van der Waals surface area contributed by atoms with E-state index in [0.29, 0.717) is 0 Å². The van der Waals surface area contributed by atoms with E-state index in [9.17, 15) is 9.59 Å². The van der Waals surface area contributed by atoms with Crippen LogP contribution in [0.15, 0.2) is 0 Å². The van der Waals surface area contributed by atoms with Crippen molar-refractivity contribution in [2.75, 3.05) is 13.1 Å². The maximum absolute atomic E-state index is 10.0. The number of carbonyl (C=O) groups is 2. The first-order chi connectivity index (χ1) is 4.63. The Hall–Kier alpha value is -1.14. The van der Waals surface area contributed by atoms with Crippen LogP contribution in [0.4, 0.5) is 0 Å². The molecule has 0 fully saturated rings. The highest BCUT2D eigenvalue weighted by atomic mass is 16.2. The van der Waals surface area contributed by atoms with Crippen molar-refractivity contribution in [2.45, 2.75) is 0 Å². The molecule has 0 aromatic rings. The highest BCUT2D eigenvalue weighted by Crippen LogP contribution is 1.52. The number of hydrazine groups is 1. The van der Waals surface area contributed by atoms with Crippen LogP contribution in [0.2, 0.25) is 0 Å². The third-order valence-corrected chi connectivity index (χ3v) is 0.650. The van der Waals surface area contributed by atoms with Gasteiger partial charge in [-0.3, -0.25) is 9.59 Å². The fraction of sp³-hybridized carbons (Fsp3) is 0.500. The topological polar surface area (TPSA) is 110 Å². The molecule has 0 aliphatic heterocycles. The molecule has 0 spiro atoms. The predicted octanol–water partition coefficient (Wildman–Crippen LogP) is -2.95. The lowest BCUT2D eigenvalue weighted by Gasteiger charge is -2.00. The molecule has 0 aromatic heterocycles. The molecule has 58 valence electrons. The van der Waals surface area contributed by atoms with Gasteiger partial charge in [-0.05, 0) is 0 Å². The maximum atomic E-state index is 10.0. The van der Waals surface area contributed by atoms with Crippen molar-refractivity contribution in [3.63, 3.8) is 0 Å². The highest BCUT2D eigenvalue weighted by molar-refractivity contribution is 5.76. The van der Waals surface area contributed by atoms with Gasteiger partial charge in [-0.15, -0.1) is 0 Å². The molecule has 6 heteroatoms. The minimum absolute atomic E-state index is 0.0206. The molecule has 0 radical (unpaired) electrons. The Morgan fingerprint density at radius 1 is 1.00 bits per heavy atom. The van der Waals surface area contributed by atoms with Gasteiger partial charge in [0.05, 0.1) is 13.1 Å². The van der Waals surface area contributed by atoms with E-state index >= 15 is 0 Å². The average molecular weight is 146 g/mol. The zero-order valence-corrected chi connectivity index (χ0v) is 5.39. The van der Waals surface area contributed by atoms with Gasteiger partial charge in [-0.2, -0.15) is 0 Å². The molecule has 0 unspecified atom stereocenters. The second-order valence-electron chi connectivity index (χ2n) is 1.64. The zero-order valence-electron chi connectivity index (χ0n) is 5.39. The van der Waals surface area contributed by atoms with Crippen LogP contribution in [-0.4, -0.2) is 24.9 Å². The lowest BCUT2D eigenvalue weighted by molar-refractivity contribution is -0.119. The van der Waals surface area contributed by atoms with Gasteiger partial charge in [0.1, 0.15) is 0 Å². The van der Waals surface area contributed by atoms with E-state index in [1.807, 2.05) is 0 Å². The zero-order chi connectivity index (χ0) is 7.98. The molecule has 2 amide bonds. The van der Waals surface area contributed by atoms with Gasteiger partial charge in [-0.25, -0.2) is 10.9 Å². The summed E-state index contributed by atoms with van der Waals surface area (Å²) in [5.41, 5.74) is 14.3. The Bertz CT molecular complexity index is 119. The third-order valence-electron chi connectivity index (χ3n) is 0.650.